The Morgan fingerprint density at radius 1 is 1.17 bits per heavy atom. The maximum atomic E-state index is 13.0. The van der Waals surface area contributed by atoms with Gasteiger partial charge in [-0.1, -0.05) is 18.6 Å². The quantitative estimate of drug-likeness (QED) is 0.640. The molecule has 6 heteroatoms. The maximum absolute atomic E-state index is 13.0. The molecule has 1 aliphatic rings. The van der Waals surface area contributed by atoms with Gasteiger partial charge in [0.1, 0.15) is 0 Å². The first-order valence-electron chi connectivity index (χ1n) is 7.83. The van der Waals surface area contributed by atoms with E-state index < -0.39 is 17.3 Å². The molecule has 1 saturated carbocycles. The molecular weight excluding hydrogens is 330 g/mol. The molecule has 124 valence electrons. The Bertz CT molecular complexity index is 597. The molecule has 2 N–H and O–H groups in total. The summed E-state index contributed by atoms with van der Waals surface area (Å²) in [5.74, 6) is -0.598. The van der Waals surface area contributed by atoms with Gasteiger partial charge in [-0.2, -0.15) is 0 Å². The summed E-state index contributed by atoms with van der Waals surface area (Å²) >= 11 is 2.72. The highest BCUT2D eigenvalue weighted by atomic mass is 32.1. The van der Waals surface area contributed by atoms with E-state index in [2.05, 4.69) is 5.32 Å². The Balaban J connectivity index is 1.93. The van der Waals surface area contributed by atoms with Crippen LogP contribution in [0.4, 0.5) is 0 Å². The van der Waals surface area contributed by atoms with Crippen molar-refractivity contribution >= 4 is 28.6 Å². The third-order valence-corrected chi connectivity index (χ3v) is 6.41. The summed E-state index contributed by atoms with van der Waals surface area (Å²) < 4.78 is 5.85. The fraction of sp³-hybridized carbons (Fsp3) is 0.471. The Kier molecular flexibility index (Phi) is 4.87. The van der Waals surface area contributed by atoms with Gasteiger partial charge in [0.25, 0.3) is 0 Å². The standard InChI is InChI=1S/C17H21NO3S2/c1-18-16(9-3-2-4-10-16)21-15(19)17(20,13-7-5-11-22-13)14-8-6-12-23-14/h5-8,11-12,18,20H,2-4,9-10H2,1H3. The summed E-state index contributed by atoms with van der Waals surface area (Å²) in [7, 11) is 1.81. The van der Waals surface area contributed by atoms with Gasteiger partial charge in [0.2, 0.25) is 5.60 Å². The minimum Gasteiger partial charge on any atom is -0.441 e. The number of rotatable bonds is 5. The van der Waals surface area contributed by atoms with Crippen molar-refractivity contribution in [1.82, 2.24) is 5.32 Å². The first-order chi connectivity index (χ1) is 11.1. The van der Waals surface area contributed by atoms with Crippen molar-refractivity contribution in [2.75, 3.05) is 7.05 Å². The van der Waals surface area contributed by atoms with E-state index in [0.717, 1.165) is 32.1 Å². The molecule has 0 saturated heterocycles. The lowest BCUT2D eigenvalue weighted by molar-refractivity contribution is -0.185. The smallest absolute Gasteiger partial charge is 0.351 e. The van der Waals surface area contributed by atoms with Crippen LogP contribution in [0.25, 0.3) is 0 Å². The molecule has 0 spiro atoms. The number of carbonyl (C=O) groups is 1. The van der Waals surface area contributed by atoms with Crippen LogP contribution >= 0.6 is 22.7 Å². The summed E-state index contributed by atoms with van der Waals surface area (Å²) in [5, 5.41) is 18.1. The monoisotopic (exact) mass is 351 g/mol. The van der Waals surface area contributed by atoms with Crippen molar-refractivity contribution in [3.63, 3.8) is 0 Å². The van der Waals surface area contributed by atoms with Gasteiger partial charge in [-0.3, -0.25) is 5.32 Å². The highest BCUT2D eigenvalue weighted by Crippen LogP contribution is 2.39. The van der Waals surface area contributed by atoms with E-state index in [1.54, 1.807) is 12.1 Å². The largest absolute Gasteiger partial charge is 0.441 e. The van der Waals surface area contributed by atoms with Crippen LogP contribution in [0.2, 0.25) is 0 Å². The van der Waals surface area contributed by atoms with Crippen LogP contribution in [-0.4, -0.2) is 23.8 Å². The lowest BCUT2D eigenvalue weighted by atomic mass is 9.91. The Labute approximate surface area is 144 Å². The highest BCUT2D eigenvalue weighted by Gasteiger charge is 2.47. The second kappa shape index (κ2) is 6.73. The summed E-state index contributed by atoms with van der Waals surface area (Å²) in [5.41, 5.74) is -2.40. The number of ether oxygens (including phenoxy) is 1. The highest BCUT2D eigenvalue weighted by molar-refractivity contribution is 7.12. The zero-order chi connectivity index (χ0) is 16.3. The minimum atomic E-state index is -1.73. The molecule has 1 aliphatic carbocycles. The van der Waals surface area contributed by atoms with Crippen molar-refractivity contribution in [3.8, 4) is 0 Å². The van der Waals surface area contributed by atoms with E-state index in [1.165, 1.54) is 22.7 Å². The van der Waals surface area contributed by atoms with Crippen molar-refractivity contribution < 1.29 is 14.6 Å². The van der Waals surface area contributed by atoms with Gasteiger partial charge in [0, 0.05) is 12.8 Å². The van der Waals surface area contributed by atoms with Crippen LogP contribution in [-0.2, 0) is 15.1 Å². The first kappa shape index (κ1) is 16.6. The van der Waals surface area contributed by atoms with E-state index in [1.807, 2.05) is 29.9 Å². The molecule has 0 radical (unpaired) electrons. The van der Waals surface area contributed by atoms with E-state index in [9.17, 15) is 9.90 Å². The second-order valence-electron chi connectivity index (χ2n) is 5.86. The fourth-order valence-corrected chi connectivity index (χ4v) is 4.78. The number of thiophene rings is 2. The minimum absolute atomic E-state index is 0.590. The molecule has 0 bridgehead atoms. The molecule has 0 aliphatic heterocycles. The average Bonchev–Trinajstić information content (AvgIpc) is 3.28. The Hall–Kier alpha value is -1.21. The van der Waals surface area contributed by atoms with Gasteiger partial charge in [-0.25, -0.2) is 4.79 Å². The topological polar surface area (TPSA) is 58.6 Å². The summed E-state index contributed by atoms with van der Waals surface area (Å²) in [6, 6.07) is 7.22. The molecule has 1 fully saturated rings. The maximum Gasteiger partial charge on any atom is 0.351 e. The van der Waals surface area contributed by atoms with Crippen LogP contribution in [0, 0.1) is 0 Å². The lowest BCUT2D eigenvalue weighted by Gasteiger charge is -2.38. The van der Waals surface area contributed by atoms with Gasteiger partial charge in [-0.05, 0) is 42.8 Å². The molecular formula is C17H21NO3S2. The molecule has 23 heavy (non-hydrogen) atoms. The number of hydrogen-bond donors (Lipinski definition) is 2. The summed E-state index contributed by atoms with van der Waals surface area (Å²) in [6.07, 6.45) is 4.75. The fourth-order valence-electron chi connectivity index (χ4n) is 3.07. The van der Waals surface area contributed by atoms with Gasteiger partial charge in [0.15, 0.2) is 5.72 Å². The SMILES string of the molecule is CNC1(OC(=O)C(O)(c2cccs2)c2cccs2)CCCCC1. The van der Waals surface area contributed by atoms with E-state index in [-0.39, 0.29) is 0 Å². The molecule has 2 aromatic heterocycles. The van der Waals surface area contributed by atoms with Gasteiger partial charge in [0.05, 0.1) is 9.75 Å². The number of nitrogens with one attached hydrogen (secondary N) is 1. The lowest BCUT2D eigenvalue weighted by Crippen LogP contribution is -2.52. The van der Waals surface area contributed by atoms with Crippen LogP contribution in [0.1, 0.15) is 41.9 Å². The second-order valence-corrected chi connectivity index (χ2v) is 7.75. The normalized spacial score (nSPS) is 17.8. The molecule has 2 aromatic rings. The van der Waals surface area contributed by atoms with Crippen LogP contribution in [0.5, 0.6) is 0 Å². The third-order valence-electron chi connectivity index (χ3n) is 4.46. The van der Waals surface area contributed by atoms with E-state index in [4.69, 9.17) is 4.74 Å². The van der Waals surface area contributed by atoms with E-state index in [0.29, 0.717) is 9.75 Å². The van der Waals surface area contributed by atoms with E-state index >= 15 is 0 Å². The Morgan fingerprint density at radius 3 is 2.17 bits per heavy atom. The number of esters is 1. The molecule has 0 amide bonds. The predicted octanol–water partition coefficient (Wildman–Crippen LogP) is 3.47. The van der Waals surface area contributed by atoms with Gasteiger partial charge in [-0.15, -0.1) is 22.7 Å². The average molecular weight is 351 g/mol. The zero-order valence-corrected chi connectivity index (χ0v) is 14.7. The molecule has 0 aromatic carbocycles. The molecule has 3 rings (SSSR count). The number of aliphatic hydroxyl groups is 1. The van der Waals surface area contributed by atoms with Crippen molar-refractivity contribution in [2.45, 2.75) is 43.4 Å². The van der Waals surface area contributed by atoms with Crippen LogP contribution < -0.4 is 5.32 Å². The zero-order valence-electron chi connectivity index (χ0n) is 13.1. The number of carbonyl (C=O) groups excluding carboxylic acids is 1. The third kappa shape index (κ3) is 3.08. The van der Waals surface area contributed by atoms with Gasteiger partial charge < -0.3 is 9.84 Å². The number of hydrogen-bond acceptors (Lipinski definition) is 6. The Morgan fingerprint density at radius 2 is 1.74 bits per heavy atom. The molecule has 2 heterocycles. The van der Waals surface area contributed by atoms with Crippen molar-refractivity contribution in [1.29, 1.82) is 0 Å². The van der Waals surface area contributed by atoms with Crippen LogP contribution in [0.3, 0.4) is 0 Å². The predicted molar refractivity (Wildman–Crippen MR) is 92.6 cm³/mol. The van der Waals surface area contributed by atoms with Crippen LogP contribution in [0.15, 0.2) is 35.0 Å². The first-order valence-corrected chi connectivity index (χ1v) is 9.59. The van der Waals surface area contributed by atoms with Crippen molar-refractivity contribution in [3.05, 3.63) is 44.8 Å². The van der Waals surface area contributed by atoms with Crippen molar-refractivity contribution in [2.24, 2.45) is 0 Å². The molecule has 0 atom stereocenters. The molecule has 4 nitrogen and oxygen atoms in total. The van der Waals surface area contributed by atoms with Gasteiger partial charge >= 0.3 is 5.97 Å². The summed E-state index contributed by atoms with van der Waals surface area (Å²) in [4.78, 5) is 14.2. The molecule has 0 unspecified atom stereocenters. The summed E-state index contributed by atoms with van der Waals surface area (Å²) in [6.45, 7) is 0.